The first kappa shape index (κ1) is 29.4. The quantitative estimate of drug-likeness (QED) is 0.229. The Hall–Kier alpha value is -4.51. The van der Waals surface area contributed by atoms with Crippen molar-refractivity contribution in [1.29, 1.82) is 0 Å². The Balaban J connectivity index is 1.06. The van der Waals surface area contributed by atoms with Gasteiger partial charge in [0.15, 0.2) is 5.82 Å². The molecule has 3 aliphatic carbocycles. The Bertz CT molecular complexity index is 2100. The number of hydrogen-bond donors (Lipinski definition) is 1. The van der Waals surface area contributed by atoms with Crippen LogP contribution < -0.4 is 15.4 Å². The predicted molar refractivity (Wildman–Crippen MR) is 188 cm³/mol. The van der Waals surface area contributed by atoms with E-state index in [0.717, 1.165) is 97.2 Å². The zero-order valence-corrected chi connectivity index (χ0v) is 28.0. The minimum Gasteiger partial charge on any atom is -0.494 e. The molecule has 2 aliphatic heterocycles. The van der Waals surface area contributed by atoms with Gasteiger partial charge in [-0.3, -0.25) is 4.79 Å². The van der Waals surface area contributed by atoms with Gasteiger partial charge in [-0.2, -0.15) is 0 Å². The van der Waals surface area contributed by atoms with E-state index in [0.29, 0.717) is 35.0 Å². The number of aromatic nitrogens is 6. The van der Waals surface area contributed by atoms with Gasteiger partial charge in [0.1, 0.15) is 28.6 Å². The van der Waals surface area contributed by atoms with Crippen LogP contribution in [0.15, 0.2) is 48.8 Å². The number of ether oxygens (including phenoxy) is 1. The number of carbonyl (C=O) groups is 1. The average molecular weight is 658 g/mol. The smallest absolute Gasteiger partial charge is 0.254 e. The van der Waals surface area contributed by atoms with Crippen molar-refractivity contribution in [3.63, 3.8) is 0 Å². The van der Waals surface area contributed by atoms with Crippen LogP contribution in [-0.2, 0) is 13.1 Å². The van der Waals surface area contributed by atoms with E-state index in [-0.39, 0.29) is 18.0 Å². The number of amides is 1. The third-order valence-corrected chi connectivity index (χ3v) is 11.9. The largest absolute Gasteiger partial charge is 0.494 e. The summed E-state index contributed by atoms with van der Waals surface area (Å²) in [5, 5.41) is 1.11. The van der Waals surface area contributed by atoms with E-state index in [1.165, 1.54) is 25.7 Å². The van der Waals surface area contributed by atoms with Gasteiger partial charge < -0.3 is 29.4 Å². The number of carbonyl (C=O) groups excluding carboxylic acids is 1. The molecule has 6 heterocycles. The van der Waals surface area contributed by atoms with Crippen LogP contribution in [0.4, 0.5) is 5.82 Å². The maximum atomic E-state index is 14.0. The highest BCUT2D eigenvalue weighted by molar-refractivity contribution is 6.00. The number of piperidine rings is 1. The number of methoxy groups -OCH3 is 1. The lowest BCUT2D eigenvalue weighted by Gasteiger charge is -2.27. The Morgan fingerprint density at radius 2 is 1.80 bits per heavy atom. The summed E-state index contributed by atoms with van der Waals surface area (Å²) in [6.45, 7) is 4.28. The molecule has 1 amide bonds. The van der Waals surface area contributed by atoms with Crippen LogP contribution in [0.3, 0.4) is 0 Å². The van der Waals surface area contributed by atoms with Gasteiger partial charge in [0.25, 0.3) is 5.91 Å². The van der Waals surface area contributed by atoms with E-state index in [1.54, 1.807) is 7.11 Å². The van der Waals surface area contributed by atoms with E-state index in [2.05, 4.69) is 37.2 Å². The average Bonchev–Trinajstić information content (AvgIpc) is 3.97. The first-order valence-corrected chi connectivity index (χ1v) is 18.2. The lowest BCUT2D eigenvalue weighted by atomic mass is 10.1. The van der Waals surface area contributed by atoms with Gasteiger partial charge in [-0.05, 0) is 99.1 Å². The number of rotatable bonds is 9. The van der Waals surface area contributed by atoms with E-state index in [1.807, 2.05) is 35.5 Å². The van der Waals surface area contributed by atoms with Crippen molar-refractivity contribution in [2.75, 3.05) is 31.6 Å². The van der Waals surface area contributed by atoms with Crippen LogP contribution >= 0.6 is 0 Å². The summed E-state index contributed by atoms with van der Waals surface area (Å²) in [4.78, 5) is 38.1. The Labute approximate surface area is 285 Å². The second-order valence-electron chi connectivity index (χ2n) is 15.2. The lowest BCUT2D eigenvalue weighted by molar-refractivity contribution is 0.0700. The number of imidazole rings is 1. The molecule has 2 saturated heterocycles. The molecule has 4 atom stereocenters. The van der Waals surface area contributed by atoms with Gasteiger partial charge in [0.05, 0.1) is 18.3 Å². The molecule has 11 nitrogen and oxygen atoms in total. The molecule has 10 rings (SSSR count). The Morgan fingerprint density at radius 1 is 0.918 bits per heavy atom. The summed E-state index contributed by atoms with van der Waals surface area (Å²) in [5.74, 6) is 5.56. The molecule has 2 N–H and O–H groups in total. The first-order valence-electron chi connectivity index (χ1n) is 18.2. The summed E-state index contributed by atoms with van der Waals surface area (Å²) in [6.07, 6.45) is 11.8. The number of nitrogens with zero attached hydrogens (tertiary/aromatic N) is 8. The van der Waals surface area contributed by atoms with Gasteiger partial charge in [-0.25, -0.2) is 19.9 Å². The zero-order chi connectivity index (χ0) is 32.8. The summed E-state index contributed by atoms with van der Waals surface area (Å²) < 4.78 is 10.8. The fourth-order valence-electron chi connectivity index (χ4n) is 8.87. The van der Waals surface area contributed by atoms with Crippen molar-refractivity contribution in [1.82, 2.24) is 34.0 Å². The normalized spacial score (nSPS) is 24.9. The highest BCUT2D eigenvalue weighted by atomic mass is 16.5. The molecule has 5 aliphatic rings. The monoisotopic (exact) mass is 657 g/mol. The Kier molecular flexibility index (Phi) is 6.76. The predicted octanol–water partition coefficient (Wildman–Crippen LogP) is 5.23. The van der Waals surface area contributed by atoms with Crippen LogP contribution in [0.2, 0.25) is 0 Å². The van der Waals surface area contributed by atoms with Crippen molar-refractivity contribution in [3.8, 4) is 17.3 Å². The fourth-order valence-corrected chi connectivity index (χ4v) is 8.87. The molecule has 0 radical (unpaired) electrons. The summed E-state index contributed by atoms with van der Waals surface area (Å²) >= 11 is 0. The zero-order valence-electron chi connectivity index (χ0n) is 28.0. The second kappa shape index (κ2) is 11.3. The maximum absolute atomic E-state index is 14.0. The Morgan fingerprint density at radius 3 is 2.57 bits per heavy atom. The number of hydrogen-bond acceptors (Lipinski definition) is 8. The number of likely N-dealkylation sites (tertiary alicyclic amines) is 1. The van der Waals surface area contributed by atoms with Gasteiger partial charge in [-0.1, -0.05) is 0 Å². The highest BCUT2D eigenvalue weighted by Crippen LogP contribution is 2.42. The molecule has 1 aromatic carbocycles. The molecular weight excluding hydrogens is 614 g/mol. The second-order valence-corrected chi connectivity index (χ2v) is 15.2. The van der Waals surface area contributed by atoms with Crippen LogP contribution in [0.1, 0.15) is 67.0 Å². The van der Waals surface area contributed by atoms with Crippen LogP contribution in [0.25, 0.3) is 33.6 Å². The SMILES string of the molecule is COc1cc(C(=O)N2CC3CCC2[C@@H]3N)cc2nc(-c3cc4cccnc4n3CC3CC3)n(C[C@H]3CCN(c4ccnc(C5CC5)n4)C3)c12. The van der Waals surface area contributed by atoms with Crippen molar-refractivity contribution in [3.05, 3.63) is 60.2 Å². The minimum atomic E-state index is 0.0212. The first-order chi connectivity index (χ1) is 24.0. The topological polar surface area (TPSA) is 120 Å². The molecule has 3 saturated carbocycles. The lowest BCUT2D eigenvalue weighted by Crippen LogP contribution is -2.41. The van der Waals surface area contributed by atoms with E-state index >= 15 is 0 Å². The van der Waals surface area contributed by atoms with E-state index < -0.39 is 0 Å². The van der Waals surface area contributed by atoms with Crippen LogP contribution in [0, 0.1) is 17.8 Å². The molecule has 5 aromatic rings. The summed E-state index contributed by atoms with van der Waals surface area (Å²) in [5.41, 5.74) is 10.9. The van der Waals surface area contributed by atoms with Gasteiger partial charge in [0, 0.05) is 74.1 Å². The summed E-state index contributed by atoms with van der Waals surface area (Å²) in [7, 11) is 1.70. The molecule has 4 aromatic heterocycles. The highest BCUT2D eigenvalue weighted by Gasteiger charge is 2.47. The summed E-state index contributed by atoms with van der Waals surface area (Å²) in [6, 6.07) is 12.5. The molecule has 5 fully saturated rings. The van der Waals surface area contributed by atoms with Crippen molar-refractivity contribution in [2.24, 2.45) is 23.5 Å². The number of anilines is 1. The minimum absolute atomic E-state index is 0.0212. The van der Waals surface area contributed by atoms with E-state index in [9.17, 15) is 4.79 Å². The number of fused-ring (bicyclic) bond motifs is 4. The molecule has 49 heavy (non-hydrogen) atoms. The number of benzene rings is 1. The van der Waals surface area contributed by atoms with Gasteiger partial charge in [-0.15, -0.1) is 0 Å². The molecule has 2 unspecified atom stereocenters. The van der Waals surface area contributed by atoms with Crippen molar-refractivity contribution < 1.29 is 9.53 Å². The number of nitrogens with two attached hydrogens (primary N) is 1. The third-order valence-electron chi connectivity index (χ3n) is 11.9. The molecule has 2 bridgehead atoms. The van der Waals surface area contributed by atoms with Crippen LogP contribution in [0.5, 0.6) is 5.75 Å². The molecule has 0 spiro atoms. The van der Waals surface area contributed by atoms with Crippen LogP contribution in [-0.4, -0.2) is 78.7 Å². The molecule has 11 heteroatoms. The third kappa shape index (κ3) is 4.99. The van der Waals surface area contributed by atoms with Gasteiger partial charge in [0.2, 0.25) is 0 Å². The molecule has 252 valence electrons. The maximum Gasteiger partial charge on any atom is 0.254 e. The number of pyridine rings is 1. The van der Waals surface area contributed by atoms with Crippen molar-refractivity contribution in [2.45, 2.75) is 76.0 Å². The fraction of sp³-hybridized carbons (Fsp3) is 0.500. The van der Waals surface area contributed by atoms with Gasteiger partial charge >= 0.3 is 0 Å². The molecular formula is C38H43N9O2. The van der Waals surface area contributed by atoms with E-state index in [4.69, 9.17) is 25.4 Å². The van der Waals surface area contributed by atoms with Crippen molar-refractivity contribution >= 4 is 33.8 Å². The standard InChI is InChI=1S/C38H43N9O2/c1-49-31-17-27(38(48)46-21-26-8-9-29(46)33(26)39)15-28-34(31)47(20-23-11-14-44(18-23)32-10-13-40-35(43-32)24-6-7-24)37(42-28)30-16-25-3-2-12-41-36(25)45(30)19-22-4-5-22/h2-3,10,12-13,15-17,22-24,26,29,33H,4-9,11,14,18-21,39H2,1H3/t23-,26?,29?,33+/m0/s1.